The molecular formula is C17H17NO5. The van der Waals surface area contributed by atoms with Crippen molar-refractivity contribution in [1.82, 2.24) is 4.90 Å². The van der Waals surface area contributed by atoms with E-state index in [-0.39, 0.29) is 33.4 Å². The van der Waals surface area contributed by atoms with Gasteiger partial charge in [0.15, 0.2) is 0 Å². The molecule has 0 atom stereocenters. The molecule has 0 saturated carbocycles. The second-order valence-electron chi connectivity index (χ2n) is 5.60. The fourth-order valence-electron chi connectivity index (χ4n) is 2.69. The van der Waals surface area contributed by atoms with Gasteiger partial charge >= 0.3 is 0 Å². The minimum absolute atomic E-state index is 0.0386. The number of benzene rings is 2. The average molecular weight is 315 g/mol. The molecule has 6 nitrogen and oxygen atoms in total. The SMILES string of the molecule is COc1cc2oc3cccc(O)c3c(=O)c2c(O)c1CN(C)C. The molecule has 3 rings (SSSR count). The molecular weight excluding hydrogens is 298 g/mol. The summed E-state index contributed by atoms with van der Waals surface area (Å²) in [7, 11) is 5.18. The minimum atomic E-state index is -0.473. The lowest BCUT2D eigenvalue weighted by Gasteiger charge is -2.16. The quantitative estimate of drug-likeness (QED) is 0.722. The van der Waals surface area contributed by atoms with E-state index in [4.69, 9.17) is 9.15 Å². The van der Waals surface area contributed by atoms with Crippen LogP contribution in [0.1, 0.15) is 5.56 Å². The van der Waals surface area contributed by atoms with Crippen LogP contribution in [0, 0.1) is 0 Å². The van der Waals surface area contributed by atoms with Gasteiger partial charge in [-0.25, -0.2) is 0 Å². The molecule has 0 saturated heterocycles. The van der Waals surface area contributed by atoms with Gasteiger partial charge in [-0.15, -0.1) is 0 Å². The Hall–Kier alpha value is -2.73. The van der Waals surface area contributed by atoms with Crippen LogP contribution < -0.4 is 10.2 Å². The number of fused-ring (bicyclic) bond motifs is 2. The molecule has 0 aliphatic rings. The van der Waals surface area contributed by atoms with E-state index in [2.05, 4.69) is 0 Å². The van der Waals surface area contributed by atoms with E-state index in [9.17, 15) is 15.0 Å². The zero-order chi connectivity index (χ0) is 16.7. The molecule has 0 amide bonds. The zero-order valence-corrected chi connectivity index (χ0v) is 13.1. The van der Waals surface area contributed by atoms with Gasteiger partial charge in [0.25, 0.3) is 0 Å². The van der Waals surface area contributed by atoms with Crippen molar-refractivity contribution in [1.29, 1.82) is 0 Å². The van der Waals surface area contributed by atoms with Gasteiger partial charge in [-0.05, 0) is 26.2 Å². The van der Waals surface area contributed by atoms with Gasteiger partial charge in [0.2, 0.25) is 5.43 Å². The number of methoxy groups -OCH3 is 1. The van der Waals surface area contributed by atoms with Gasteiger partial charge in [0.1, 0.15) is 39.2 Å². The van der Waals surface area contributed by atoms with Crippen LogP contribution in [-0.4, -0.2) is 36.3 Å². The fraction of sp³-hybridized carbons (Fsp3) is 0.235. The van der Waals surface area contributed by atoms with Gasteiger partial charge < -0.3 is 24.3 Å². The molecule has 0 aliphatic carbocycles. The van der Waals surface area contributed by atoms with E-state index >= 15 is 0 Å². The van der Waals surface area contributed by atoms with Crippen molar-refractivity contribution in [3.63, 3.8) is 0 Å². The van der Waals surface area contributed by atoms with E-state index in [0.29, 0.717) is 17.9 Å². The van der Waals surface area contributed by atoms with Crippen molar-refractivity contribution in [3.8, 4) is 17.2 Å². The maximum absolute atomic E-state index is 12.7. The molecule has 0 spiro atoms. The predicted molar refractivity (Wildman–Crippen MR) is 87.3 cm³/mol. The van der Waals surface area contributed by atoms with Crippen molar-refractivity contribution in [2.45, 2.75) is 6.54 Å². The van der Waals surface area contributed by atoms with Crippen molar-refractivity contribution >= 4 is 21.9 Å². The molecule has 3 aromatic rings. The third kappa shape index (κ3) is 2.37. The molecule has 0 radical (unpaired) electrons. The molecule has 1 aromatic heterocycles. The second-order valence-corrected chi connectivity index (χ2v) is 5.60. The lowest BCUT2D eigenvalue weighted by molar-refractivity contribution is 0.358. The maximum atomic E-state index is 12.7. The van der Waals surface area contributed by atoms with Crippen LogP contribution in [0.4, 0.5) is 0 Å². The molecule has 0 fully saturated rings. The Labute approximate surface area is 132 Å². The summed E-state index contributed by atoms with van der Waals surface area (Å²) in [6.07, 6.45) is 0. The van der Waals surface area contributed by atoms with Crippen LogP contribution in [0.3, 0.4) is 0 Å². The van der Waals surface area contributed by atoms with Crippen molar-refractivity contribution in [2.24, 2.45) is 0 Å². The van der Waals surface area contributed by atoms with E-state index in [0.717, 1.165) is 0 Å². The summed E-state index contributed by atoms with van der Waals surface area (Å²) < 4.78 is 11.0. The normalized spacial score (nSPS) is 11.5. The first-order valence-corrected chi connectivity index (χ1v) is 7.06. The lowest BCUT2D eigenvalue weighted by atomic mass is 10.1. The minimum Gasteiger partial charge on any atom is -0.507 e. The number of phenols is 2. The largest absolute Gasteiger partial charge is 0.507 e. The molecule has 120 valence electrons. The number of rotatable bonds is 3. The van der Waals surface area contributed by atoms with Crippen LogP contribution in [0.25, 0.3) is 21.9 Å². The summed E-state index contributed by atoms with van der Waals surface area (Å²) in [5, 5.41) is 20.6. The molecule has 0 aliphatic heterocycles. The Kier molecular flexibility index (Phi) is 3.61. The highest BCUT2D eigenvalue weighted by Gasteiger charge is 2.20. The van der Waals surface area contributed by atoms with E-state index in [1.54, 1.807) is 18.2 Å². The number of nitrogens with zero attached hydrogens (tertiary/aromatic N) is 1. The topological polar surface area (TPSA) is 83.1 Å². The number of hydrogen-bond acceptors (Lipinski definition) is 6. The standard InChI is InChI=1S/C17H17NO5/c1-18(2)8-9-12(22-3)7-13-15(16(9)20)17(21)14-10(19)5-4-6-11(14)23-13/h4-7,19-20H,8H2,1-3H3. The van der Waals surface area contributed by atoms with Gasteiger partial charge in [-0.2, -0.15) is 0 Å². The third-order valence-electron chi connectivity index (χ3n) is 3.70. The first-order chi connectivity index (χ1) is 10.9. The van der Waals surface area contributed by atoms with Crippen LogP contribution >= 0.6 is 0 Å². The Morgan fingerprint density at radius 1 is 1.17 bits per heavy atom. The van der Waals surface area contributed by atoms with E-state index < -0.39 is 5.43 Å². The first-order valence-electron chi connectivity index (χ1n) is 7.06. The smallest absolute Gasteiger partial charge is 0.208 e. The number of ether oxygens (including phenoxy) is 1. The average Bonchev–Trinajstić information content (AvgIpc) is 2.49. The van der Waals surface area contributed by atoms with Crippen LogP contribution in [0.15, 0.2) is 33.5 Å². The van der Waals surface area contributed by atoms with E-state index in [1.807, 2.05) is 19.0 Å². The summed E-state index contributed by atoms with van der Waals surface area (Å²) in [6, 6.07) is 6.17. The number of aromatic hydroxyl groups is 2. The summed E-state index contributed by atoms with van der Waals surface area (Å²) in [4.78, 5) is 14.6. The highest BCUT2D eigenvalue weighted by Crippen LogP contribution is 2.37. The fourth-order valence-corrected chi connectivity index (χ4v) is 2.69. The van der Waals surface area contributed by atoms with E-state index in [1.165, 1.54) is 13.2 Å². The summed E-state index contributed by atoms with van der Waals surface area (Å²) in [5.41, 5.74) is 0.487. The van der Waals surface area contributed by atoms with Crippen molar-refractivity contribution in [2.75, 3.05) is 21.2 Å². The van der Waals surface area contributed by atoms with Gasteiger partial charge in [-0.3, -0.25) is 4.79 Å². The van der Waals surface area contributed by atoms with Crippen molar-refractivity contribution in [3.05, 3.63) is 40.1 Å². The molecule has 0 unspecified atom stereocenters. The zero-order valence-electron chi connectivity index (χ0n) is 13.1. The second kappa shape index (κ2) is 5.48. The Bertz CT molecular complexity index is 959. The monoisotopic (exact) mass is 315 g/mol. The van der Waals surface area contributed by atoms with Gasteiger partial charge in [-0.1, -0.05) is 6.07 Å². The molecule has 2 aromatic carbocycles. The first kappa shape index (κ1) is 15.2. The lowest BCUT2D eigenvalue weighted by Crippen LogP contribution is -2.13. The highest BCUT2D eigenvalue weighted by molar-refractivity contribution is 5.97. The highest BCUT2D eigenvalue weighted by atomic mass is 16.5. The Balaban J connectivity index is 2.48. The number of hydrogen-bond donors (Lipinski definition) is 2. The molecule has 2 N–H and O–H groups in total. The number of phenolic OH excluding ortho intramolecular Hbond substituents is 2. The molecule has 1 heterocycles. The summed E-state index contributed by atoms with van der Waals surface area (Å²) >= 11 is 0. The Morgan fingerprint density at radius 2 is 1.91 bits per heavy atom. The molecule has 23 heavy (non-hydrogen) atoms. The maximum Gasteiger partial charge on any atom is 0.208 e. The summed E-state index contributed by atoms with van der Waals surface area (Å²) in [6.45, 7) is 0.392. The van der Waals surface area contributed by atoms with Crippen LogP contribution in [0.2, 0.25) is 0 Å². The predicted octanol–water partition coefficient (Wildman–Crippen LogP) is 2.43. The van der Waals surface area contributed by atoms with Crippen LogP contribution in [0.5, 0.6) is 17.2 Å². The molecule has 0 bridgehead atoms. The van der Waals surface area contributed by atoms with Gasteiger partial charge in [0.05, 0.1) is 12.7 Å². The third-order valence-corrected chi connectivity index (χ3v) is 3.70. The van der Waals surface area contributed by atoms with Gasteiger partial charge in [0, 0.05) is 12.6 Å². The Morgan fingerprint density at radius 3 is 2.57 bits per heavy atom. The van der Waals surface area contributed by atoms with Crippen LogP contribution in [-0.2, 0) is 6.54 Å². The molecule has 6 heteroatoms. The van der Waals surface area contributed by atoms with Crippen molar-refractivity contribution < 1.29 is 19.4 Å². The summed E-state index contributed by atoms with van der Waals surface area (Å²) in [5.74, 6) is 0.0702.